The smallest absolute Gasteiger partial charge is 0.377 e. The van der Waals surface area contributed by atoms with Crippen molar-refractivity contribution in [1.29, 1.82) is 0 Å². The lowest BCUT2D eigenvalue weighted by Crippen LogP contribution is -2.47. The van der Waals surface area contributed by atoms with Crippen molar-refractivity contribution in [3.05, 3.63) is 39.3 Å². The van der Waals surface area contributed by atoms with Gasteiger partial charge < -0.3 is 10.1 Å². The number of hydrogen-bond acceptors (Lipinski definition) is 5. The van der Waals surface area contributed by atoms with Crippen LogP contribution in [0.5, 0.6) is 0 Å². The van der Waals surface area contributed by atoms with Crippen LogP contribution >= 0.6 is 23.4 Å². The van der Waals surface area contributed by atoms with Crippen LogP contribution in [0.3, 0.4) is 0 Å². The summed E-state index contributed by atoms with van der Waals surface area (Å²) in [5.41, 5.74) is 0.110. The van der Waals surface area contributed by atoms with E-state index in [4.69, 9.17) is 16.3 Å². The summed E-state index contributed by atoms with van der Waals surface area (Å²) in [7, 11) is 3.54. The van der Waals surface area contributed by atoms with E-state index in [0.717, 1.165) is 42.6 Å². The lowest BCUT2D eigenvalue weighted by Gasteiger charge is -2.39. The lowest BCUT2D eigenvalue weighted by molar-refractivity contribution is -0.137. The third-order valence-corrected chi connectivity index (χ3v) is 6.77. The minimum Gasteiger partial charge on any atom is -0.377 e. The molecule has 2 unspecified atom stereocenters. The number of piperidine rings is 1. The molecule has 4 nitrogen and oxygen atoms in total. The van der Waals surface area contributed by atoms with Gasteiger partial charge in [0.25, 0.3) is 0 Å². The molecule has 1 fully saturated rings. The van der Waals surface area contributed by atoms with Crippen LogP contribution in [0.4, 0.5) is 13.2 Å². The van der Waals surface area contributed by atoms with Crippen LogP contribution < -0.4 is 10.6 Å². The molecule has 1 aromatic carbocycles. The number of hydrogen-bond donors (Lipinski definition) is 2. The second-order valence-electron chi connectivity index (χ2n) is 7.39. The van der Waals surface area contributed by atoms with Crippen molar-refractivity contribution in [2.45, 2.75) is 37.0 Å². The Bertz CT molecular complexity index is 758. The molecule has 156 valence electrons. The largest absolute Gasteiger partial charge is 0.417 e. The monoisotopic (exact) mass is 435 g/mol. The number of thioether (sulfide) groups is 1. The molecule has 0 radical (unpaired) electrons. The number of methoxy groups -OCH3 is 1. The Morgan fingerprint density at radius 3 is 2.82 bits per heavy atom. The van der Waals surface area contributed by atoms with Gasteiger partial charge in [0.05, 0.1) is 21.9 Å². The number of benzene rings is 1. The second kappa shape index (κ2) is 8.44. The molecular weight excluding hydrogens is 411 g/mol. The standard InChI is InChI=1S/C19H25ClF3N3OS/c1-18(27-3)7-4-8-26(11-18)10-15-16(25-17(24-2)28-15)12-5-6-14(20)13(9-12)19(21,22)23/h5-6,9,17,24-25H,4,7-8,10-11H2,1-3H3. The van der Waals surface area contributed by atoms with Crippen molar-refractivity contribution in [3.8, 4) is 0 Å². The predicted molar refractivity (Wildman–Crippen MR) is 108 cm³/mol. The third-order valence-electron chi connectivity index (χ3n) is 5.24. The molecule has 1 aromatic rings. The van der Waals surface area contributed by atoms with Crippen LogP contribution in [-0.4, -0.2) is 49.8 Å². The number of halogens is 4. The first-order valence-corrected chi connectivity index (χ1v) is 10.4. The van der Waals surface area contributed by atoms with Gasteiger partial charge in [0.1, 0.15) is 5.50 Å². The molecule has 1 saturated heterocycles. The van der Waals surface area contributed by atoms with Gasteiger partial charge in [-0.1, -0.05) is 29.4 Å². The van der Waals surface area contributed by atoms with E-state index in [9.17, 15) is 13.2 Å². The summed E-state index contributed by atoms with van der Waals surface area (Å²) < 4.78 is 45.5. The molecule has 3 rings (SSSR count). The fourth-order valence-electron chi connectivity index (χ4n) is 3.64. The molecule has 0 bridgehead atoms. The molecule has 2 heterocycles. The summed E-state index contributed by atoms with van der Waals surface area (Å²) in [4.78, 5) is 3.31. The zero-order chi connectivity index (χ0) is 20.5. The highest BCUT2D eigenvalue weighted by atomic mass is 35.5. The van der Waals surface area contributed by atoms with Gasteiger partial charge in [0.15, 0.2) is 0 Å². The highest BCUT2D eigenvalue weighted by Gasteiger charge is 2.36. The number of alkyl halides is 3. The predicted octanol–water partition coefficient (Wildman–Crippen LogP) is 4.37. The Labute approximate surface area is 172 Å². The maximum atomic E-state index is 13.3. The fourth-order valence-corrected chi connectivity index (χ4v) is 5.00. The number of ether oxygens (including phenoxy) is 1. The van der Waals surface area contributed by atoms with E-state index >= 15 is 0 Å². The van der Waals surface area contributed by atoms with E-state index < -0.39 is 11.7 Å². The first-order chi connectivity index (χ1) is 13.1. The zero-order valence-electron chi connectivity index (χ0n) is 16.1. The van der Waals surface area contributed by atoms with Gasteiger partial charge in [0.2, 0.25) is 0 Å². The van der Waals surface area contributed by atoms with Crippen LogP contribution in [0.2, 0.25) is 5.02 Å². The van der Waals surface area contributed by atoms with Gasteiger partial charge in [-0.05, 0) is 51.1 Å². The second-order valence-corrected chi connectivity index (χ2v) is 9.00. The molecule has 0 saturated carbocycles. The van der Waals surface area contributed by atoms with Crippen LogP contribution in [0.1, 0.15) is 30.9 Å². The number of nitrogens with one attached hydrogen (secondary N) is 2. The van der Waals surface area contributed by atoms with Gasteiger partial charge in [-0.3, -0.25) is 10.2 Å². The van der Waals surface area contributed by atoms with Crippen LogP contribution in [0.15, 0.2) is 23.1 Å². The molecular formula is C19H25ClF3N3OS. The quantitative estimate of drug-likeness (QED) is 0.718. The van der Waals surface area contributed by atoms with E-state index in [0.29, 0.717) is 12.1 Å². The molecule has 2 atom stereocenters. The van der Waals surface area contributed by atoms with E-state index in [1.807, 2.05) is 7.05 Å². The molecule has 0 spiro atoms. The van der Waals surface area contributed by atoms with Crippen molar-refractivity contribution in [2.75, 3.05) is 33.8 Å². The van der Waals surface area contributed by atoms with E-state index in [1.54, 1.807) is 24.9 Å². The number of likely N-dealkylation sites (tertiary alicyclic amines) is 1. The topological polar surface area (TPSA) is 36.5 Å². The third kappa shape index (κ3) is 4.79. The first-order valence-electron chi connectivity index (χ1n) is 9.13. The minimum absolute atomic E-state index is 0.0892. The van der Waals surface area contributed by atoms with Gasteiger partial charge >= 0.3 is 6.18 Å². The van der Waals surface area contributed by atoms with E-state index in [-0.39, 0.29) is 16.1 Å². The summed E-state index contributed by atoms with van der Waals surface area (Å²) in [5, 5.41) is 6.14. The minimum atomic E-state index is -4.49. The number of rotatable bonds is 5. The average Bonchev–Trinajstić information content (AvgIpc) is 3.04. The van der Waals surface area contributed by atoms with Crippen molar-refractivity contribution in [3.63, 3.8) is 0 Å². The van der Waals surface area contributed by atoms with Crippen LogP contribution in [0.25, 0.3) is 5.70 Å². The van der Waals surface area contributed by atoms with Crippen molar-refractivity contribution < 1.29 is 17.9 Å². The van der Waals surface area contributed by atoms with E-state index in [2.05, 4.69) is 22.5 Å². The summed E-state index contributed by atoms with van der Waals surface area (Å²) in [5.74, 6) is 0. The van der Waals surface area contributed by atoms with E-state index in [1.165, 1.54) is 6.07 Å². The Balaban J connectivity index is 1.90. The van der Waals surface area contributed by atoms with Crippen molar-refractivity contribution in [1.82, 2.24) is 15.5 Å². The Hall–Kier alpha value is -0.930. The normalized spacial score (nSPS) is 26.6. The van der Waals surface area contributed by atoms with Crippen LogP contribution in [-0.2, 0) is 10.9 Å². The Kier molecular flexibility index (Phi) is 6.56. The van der Waals surface area contributed by atoms with Gasteiger partial charge in [-0.2, -0.15) is 13.2 Å². The Morgan fingerprint density at radius 2 is 2.18 bits per heavy atom. The molecule has 2 N–H and O–H groups in total. The summed E-state index contributed by atoms with van der Waals surface area (Å²) in [6, 6.07) is 4.07. The maximum Gasteiger partial charge on any atom is 0.417 e. The van der Waals surface area contributed by atoms with Gasteiger partial charge in [-0.15, -0.1) is 0 Å². The fraction of sp³-hybridized carbons (Fsp3) is 0.579. The van der Waals surface area contributed by atoms with Gasteiger partial charge in [0, 0.05) is 25.1 Å². The molecule has 9 heteroatoms. The maximum absolute atomic E-state index is 13.3. The summed E-state index contributed by atoms with van der Waals surface area (Å²) in [6.45, 7) is 4.49. The highest BCUT2D eigenvalue weighted by molar-refractivity contribution is 8.04. The molecule has 0 aromatic heterocycles. The van der Waals surface area contributed by atoms with Crippen molar-refractivity contribution in [2.24, 2.45) is 0 Å². The molecule has 28 heavy (non-hydrogen) atoms. The highest BCUT2D eigenvalue weighted by Crippen LogP contribution is 2.40. The lowest BCUT2D eigenvalue weighted by atomic mass is 9.94. The number of nitrogens with zero attached hydrogens (tertiary/aromatic N) is 1. The molecule has 0 amide bonds. The SMILES string of the molecule is CNC1NC(c2ccc(Cl)c(C(F)(F)F)c2)=C(CN2CCCC(C)(OC)C2)S1. The summed E-state index contributed by atoms with van der Waals surface area (Å²) >= 11 is 7.38. The van der Waals surface area contributed by atoms with Crippen LogP contribution in [0, 0.1) is 0 Å². The van der Waals surface area contributed by atoms with Gasteiger partial charge in [-0.25, -0.2) is 0 Å². The molecule has 2 aliphatic heterocycles. The Morgan fingerprint density at radius 1 is 1.43 bits per heavy atom. The molecule has 0 aliphatic carbocycles. The molecule has 2 aliphatic rings. The average molecular weight is 436 g/mol. The van der Waals surface area contributed by atoms with Crippen molar-refractivity contribution >= 4 is 29.1 Å². The summed E-state index contributed by atoms with van der Waals surface area (Å²) in [6.07, 6.45) is -2.46. The zero-order valence-corrected chi connectivity index (χ0v) is 17.7. The first kappa shape index (κ1) is 21.8.